The summed E-state index contributed by atoms with van der Waals surface area (Å²) in [4.78, 5) is 12.4. The van der Waals surface area contributed by atoms with Gasteiger partial charge in [-0.15, -0.1) is 0 Å². The number of primary amides is 1. The van der Waals surface area contributed by atoms with E-state index in [0.717, 1.165) is 11.1 Å². The van der Waals surface area contributed by atoms with Crippen LogP contribution in [0.1, 0.15) is 11.1 Å². The molecule has 0 heterocycles. The van der Waals surface area contributed by atoms with E-state index >= 15 is 0 Å². The molecule has 7 heteroatoms. The van der Waals surface area contributed by atoms with Crippen LogP contribution < -0.4 is 5.73 Å². The van der Waals surface area contributed by atoms with Crippen molar-refractivity contribution in [3.8, 4) is 0 Å². The standard InChI is InChI=1S/C22H21ClN2O3S/c23-19-11-13-20(14-12-19)29(27,28)25(16-18-9-5-2-6-10-18)21(22(24)26)15-17-7-3-1-4-8-17/h1-14,21H,15-16H2,(H2,24,26). The van der Waals surface area contributed by atoms with E-state index in [2.05, 4.69) is 0 Å². The number of carbonyl (C=O) groups is 1. The maximum absolute atomic E-state index is 13.5. The minimum absolute atomic E-state index is 0.0201. The number of nitrogens with zero attached hydrogens (tertiary/aromatic N) is 1. The third-order valence-corrected chi connectivity index (χ3v) is 6.67. The number of halogens is 1. The molecule has 3 aromatic carbocycles. The Hall–Kier alpha value is -2.67. The fourth-order valence-electron chi connectivity index (χ4n) is 3.05. The summed E-state index contributed by atoms with van der Waals surface area (Å²) in [5, 5.41) is 0.425. The highest BCUT2D eigenvalue weighted by Gasteiger charge is 2.35. The fourth-order valence-corrected chi connectivity index (χ4v) is 4.76. The van der Waals surface area contributed by atoms with Crippen molar-refractivity contribution in [2.24, 2.45) is 5.73 Å². The molecule has 150 valence electrons. The number of carbonyl (C=O) groups excluding carboxylic acids is 1. The van der Waals surface area contributed by atoms with Gasteiger partial charge < -0.3 is 5.73 Å². The summed E-state index contributed by atoms with van der Waals surface area (Å²) in [6, 6.07) is 23.1. The van der Waals surface area contributed by atoms with Crippen LogP contribution in [-0.2, 0) is 27.8 Å². The summed E-state index contributed by atoms with van der Waals surface area (Å²) in [6.07, 6.45) is 0.176. The van der Waals surface area contributed by atoms with E-state index in [-0.39, 0.29) is 17.9 Å². The summed E-state index contributed by atoms with van der Waals surface area (Å²) in [6.45, 7) is 0.0201. The molecule has 0 aromatic heterocycles. The first kappa shape index (κ1) is 21.0. The lowest BCUT2D eigenvalue weighted by molar-refractivity contribution is -0.121. The molecule has 3 rings (SSSR count). The van der Waals surface area contributed by atoms with Crippen molar-refractivity contribution in [3.05, 3.63) is 101 Å². The number of sulfonamides is 1. The van der Waals surface area contributed by atoms with Crippen LogP contribution in [0.5, 0.6) is 0 Å². The van der Waals surface area contributed by atoms with Gasteiger partial charge in [0.1, 0.15) is 6.04 Å². The SMILES string of the molecule is NC(=O)C(Cc1ccccc1)N(Cc1ccccc1)S(=O)(=O)c1ccc(Cl)cc1. The minimum atomic E-state index is -4.01. The number of amides is 1. The van der Waals surface area contributed by atoms with Crippen molar-refractivity contribution in [1.82, 2.24) is 4.31 Å². The topological polar surface area (TPSA) is 80.5 Å². The van der Waals surface area contributed by atoms with Crippen molar-refractivity contribution in [1.29, 1.82) is 0 Å². The highest BCUT2D eigenvalue weighted by molar-refractivity contribution is 7.89. The van der Waals surface area contributed by atoms with Crippen LogP contribution >= 0.6 is 11.6 Å². The van der Waals surface area contributed by atoms with Gasteiger partial charge in [-0.2, -0.15) is 4.31 Å². The van der Waals surface area contributed by atoms with Crippen molar-refractivity contribution in [2.45, 2.75) is 23.9 Å². The van der Waals surface area contributed by atoms with Gasteiger partial charge in [-0.05, 0) is 41.8 Å². The zero-order valence-corrected chi connectivity index (χ0v) is 17.2. The summed E-state index contributed by atoms with van der Waals surface area (Å²) < 4.78 is 28.1. The largest absolute Gasteiger partial charge is 0.368 e. The maximum atomic E-state index is 13.5. The predicted octanol–water partition coefficient (Wildman–Crippen LogP) is 3.63. The average Bonchev–Trinajstić information content (AvgIpc) is 2.72. The van der Waals surface area contributed by atoms with Crippen LogP contribution in [-0.4, -0.2) is 24.7 Å². The fraction of sp³-hybridized carbons (Fsp3) is 0.136. The summed E-state index contributed by atoms with van der Waals surface area (Å²) in [7, 11) is -4.01. The molecule has 0 aliphatic rings. The molecule has 1 atom stereocenters. The van der Waals surface area contributed by atoms with Crippen molar-refractivity contribution in [3.63, 3.8) is 0 Å². The lowest BCUT2D eigenvalue weighted by atomic mass is 10.1. The molecule has 5 nitrogen and oxygen atoms in total. The van der Waals surface area contributed by atoms with Crippen LogP contribution in [0, 0.1) is 0 Å². The second-order valence-corrected chi connectivity index (χ2v) is 8.92. The number of benzene rings is 3. The first-order chi connectivity index (χ1) is 13.9. The van der Waals surface area contributed by atoms with Gasteiger partial charge in [0.05, 0.1) is 4.90 Å². The number of hydrogen-bond acceptors (Lipinski definition) is 3. The smallest absolute Gasteiger partial charge is 0.244 e. The zero-order valence-electron chi connectivity index (χ0n) is 15.6. The van der Waals surface area contributed by atoms with Crippen LogP contribution in [0.15, 0.2) is 89.8 Å². The van der Waals surface area contributed by atoms with E-state index in [0.29, 0.717) is 5.02 Å². The minimum Gasteiger partial charge on any atom is -0.368 e. The molecule has 1 amide bonds. The summed E-state index contributed by atoms with van der Waals surface area (Å²) in [5.74, 6) is -0.706. The third-order valence-electron chi connectivity index (χ3n) is 4.55. The molecule has 0 fully saturated rings. The first-order valence-electron chi connectivity index (χ1n) is 9.02. The van der Waals surface area contributed by atoms with Gasteiger partial charge in [-0.3, -0.25) is 4.79 Å². The molecule has 29 heavy (non-hydrogen) atoms. The van der Waals surface area contributed by atoms with Crippen LogP contribution in [0.25, 0.3) is 0 Å². The third kappa shape index (κ3) is 5.23. The van der Waals surface area contributed by atoms with Gasteiger partial charge >= 0.3 is 0 Å². The Bertz CT molecular complexity index is 1060. The molecule has 0 aliphatic heterocycles. The molecule has 0 radical (unpaired) electrons. The average molecular weight is 429 g/mol. The monoisotopic (exact) mass is 428 g/mol. The van der Waals surface area contributed by atoms with E-state index in [1.54, 1.807) is 0 Å². The molecule has 0 aliphatic carbocycles. The Labute approximate surface area is 175 Å². The molecule has 2 N–H and O–H groups in total. The Balaban J connectivity index is 2.05. The van der Waals surface area contributed by atoms with Gasteiger partial charge in [0, 0.05) is 11.6 Å². The van der Waals surface area contributed by atoms with Gasteiger partial charge in [-0.1, -0.05) is 72.3 Å². The second-order valence-electron chi connectivity index (χ2n) is 6.60. The van der Waals surface area contributed by atoms with Crippen LogP contribution in [0.3, 0.4) is 0 Å². The maximum Gasteiger partial charge on any atom is 0.244 e. The number of rotatable bonds is 8. The van der Waals surface area contributed by atoms with E-state index in [1.807, 2.05) is 60.7 Å². The molecule has 1 unspecified atom stereocenters. The molecule has 3 aromatic rings. The van der Waals surface area contributed by atoms with Gasteiger partial charge in [0.15, 0.2) is 0 Å². The molecular formula is C22H21ClN2O3S. The first-order valence-corrected chi connectivity index (χ1v) is 10.8. The van der Waals surface area contributed by atoms with Crippen molar-refractivity contribution < 1.29 is 13.2 Å². The van der Waals surface area contributed by atoms with Gasteiger partial charge in [0.2, 0.25) is 15.9 Å². The Kier molecular flexibility index (Phi) is 6.69. The highest BCUT2D eigenvalue weighted by atomic mass is 35.5. The number of hydrogen-bond donors (Lipinski definition) is 1. The lowest BCUT2D eigenvalue weighted by Crippen LogP contribution is -2.48. The molecular weight excluding hydrogens is 408 g/mol. The van der Waals surface area contributed by atoms with Gasteiger partial charge in [-0.25, -0.2) is 8.42 Å². The lowest BCUT2D eigenvalue weighted by Gasteiger charge is -2.29. The van der Waals surface area contributed by atoms with E-state index < -0.39 is 22.0 Å². The van der Waals surface area contributed by atoms with E-state index in [1.165, 1.54) is 28.6 Å². The molecule has 0 saturated heterocycles. The highest BCUT2D eigenvalue weighted by Crippen LogP contribution is 2.24. The quantitative estimate of drug-likeness (QED) is 0.594. The summed E-state index contributed by atoms with van der Waals surface area (Å²) >= 11 is 5.91. The second kappa shape index (κ2) is 9.22. The normalized spacial score (nSPS) is 12.6. The predicted molar refractivity (Wildman–Crippen MR) is 114 cm³/mol. The van der Waals surface area contributed by atoms with Crippen LogP contribution in [0.4, 0.5) is 0 Å². The number of nitrogens with two attached hydrogens (primary N) is 1. The Morgan fingerprint density at radius 2 is 1.38 bits per heavy atom. The molecule has 0 spiro atoms. The molecule has 0 bridgehead atoms. The van der Waals surface area contributed by atoms with Gasteiger partial charge in [0.25, 0.3) is 0 Å². The zero-order chi connectivity index (χ0) is 20.9. The summed E-state index contributed by atoms with van der Waals surface area (Å²) in [5.41, 5.74) is 7.25. The van der Waals surface area contributed by atoms with Crippen molar-refractivity contribution in [2.75, 3.05) is 0 Å². The van der Waals surface area contributed by atoms with Crippen molar-refractivity contribution >= 4 is 27.5 Å². The molecule has 0 saturated carbocycles. The van der Waals surface area contributed by atoms with E-state index in [4.69, 9.17) is 17.3 Å². The Morgan fingerprint density at radius 3 is 1.90 bits per heavy atom. The van der Waals surface area contributed by atoms with Crippen LogP contribution in [0.2, 0.25) is 5.02 Å². The van der Waals surface area contributed by atoms with E-state index in [9.17, 15) is 13.2 Å². The Morgan fingerprint density at radius 1 is 0.862 bits per heavy atom.